The molecular weight excluding hydrogens is 314 g/mol. The molecule has 2 aromatic rings. The summed E-state index contributed by atoms with van der Waals surface area (Å²) < 4.78 is 0. The van der Waals surface area contributed by atoms with E-state index in [4.69, 9.17) is 16.7 Å². The van der Waals surface area contributed by atoms with Crippen LogP contribution in [0.3, 0.4) is 0 Å². The average molecular weight is 332 g/mol. The van der Waals surface area contributed by atoms with E-state index in [1.54, 1.807) is 0 Å². The van der Waals surface area contributed by atoms with Crippen LogP contribution >= 0.6 is 11.6 Å². The molecule has 23 heavy (non-hydrogen) atoms. The molecule has 0 saturated heterocycles. The standard InChI is InChI=1S/C18H18ClNO3/c1-10-5-4-6-11(2)16(10)20-12(3)9-14-15(19)8-7-13(17(14)21)18(22)23/h4-8,21H,9H2,1-3H3,(H,22,23). The first kappa shape index (κ1) is 17.0. The summed E-state index contributed by atoms with van der Waals surface area (Å²) in [7, 11) is 0. The van der Waals surface area contributed by atoms with Crippen molar-refractivity contribution in [1.29, 1.82) is 0 Å². The molecule has 0 fully saturated rings. The van der Waals surface area contributed by atoms with Crippen molar-refractivity contribution in [3.8, 4) is 5.75 Å². The van der Waals surface area contributed by atoms with Crippen LogP contribution in [0.15, 0.2) is 35.3 Å². The number of aromatic carboxylic acids is 1. The molecule has 0 aliphatic carbocycles. The van der Waals surface area contributed by atoms with Crippen molar-refractivity contribution in [2.24, 2.45) is 4.99 Å². The predicted octanol–water partition coefficient (Wildman–Crippen LogP) is 4.70. The SMILES string of the molecule is CC(Cc1c(Cl)ccc(C(=O)O)c1O)=Nc1c(C)cccc1C. The Morgan fingerprint density at radius 3 is 2.35 bits per heavy atom. The van der Waals surface area contributed by atoms with Crippen LogP contribution in [0.1, 0.15) is 34.0 Å². The van der Waals surface area contributed by atoms with Crippen LogP contribution in [0.4, 0.5) is 5.69 Å². The number of carbonyl (C=O) groups is 1. The van der Waals surface area contributed by atoms with Gasteiger partial charge in [-0.25, -0.2) is 4.79 Å². The summed E-state index contributed by atoms with van der Waals surface area (Å²) in [5, 5.41) is 19.6. The van der Waals surface area contributed by atoms with E-state index in [9.17, 15) is 9.90 Å². The molecule has 2 N–H and O–H groups in total. The number of carboxylic acids is 1. The summed E-state index contributed by atoms with van der Waals surface area (Å²) >= 11 is 6.11. The van der Waals surface area contributed by atoms with Crippen molar-refractivity contribution in [2.45, 2.75) is 27.2 Å². The molecule has 0 heterocycles. The number of carboxylic acid groups (broad SMARTS) is 1. The summed E-state index contributed by atoms with van der Waals surface area (Å²) in [5.41, 5.74) is 3.94. The minimum Gasteiger partial charge on any atom is -0.507 e. The lowest BCUT2D eigenvalue weighted by Crippen LogP contribution is -2.04. The number of aryl methyl sites for hydroxylation is 2. The molecular formula is C18H18ClNO3. The second-order valence-corrected chi connectivity index (χ2v) is 5.90. The number of halogens is 1. The number of rotatable bonds is 4. The summed E-state index contributed by atoms with van der Waals surface area (Å²) in [6.45, 7) is 5.79. The molecule has 0 aliphatic heterocycles. The normalized spacial score (nSPS) is 11.6. The van der Waals surface area contributed by atoms with Gasteiger partial charge in [-0.05, 0) is 44.0 Å². The quantitative estimate of drug-likeness (QED) is 0.798. The van der Waals surface area contributed by atoms with Gasteiger partial charge in [0.05, 0.1) is 5.69 Å². The zero-order chi connectivity index (χ0) is 17.1. The van der Waals surface area contributed by atoms with E-state index in [-0.39, 0.29) is 17.7 Å². The lowest BCUT2D eigenvalue weighted by atomic mass is 10.0. The Morgan fingerprint density at radius 1 is 1.17 bits per heavy atom. The predicted molar refractivity (Wildman–Crippen MR) is 92.5 cm³/mol. The molecule has 0 unspecified atom stereocenters. The van der Waals surface area contributed by atoms with E-state index in [1.807, 2.05) is 39.0 Å². The maximum absolute atomic E-state index is 11.1. The van der Waals surface area contributed by atoms with E-state index in [1.165, 1.54) is 12.1 Å². The molecule has 2 aromatic carbocycles. The summed E-state index contributed by atoms with van der Waals surface area (Å²) in [6, 6.07) is 8.70. The van der Waals surface area contributed by atoms with Crippen LogP contribution in [0.5, 0.6) is 5.75 Å². The highest BCUT2D eigenvalue weighted by molar-refractivity contribution is 6.32. The van der Waals surface area contributed by atoms with Gasteiger partial charge < -0.3 is 10.2 Å². The number of hydrogen-bond donors (Lipinski definition) is 2. The molecule has 0 radical (unpaired) electrons. The Bertz CT molecular complexity index is 777. The second kappa shape index (κ2) is 6.84. The number of aromatic hydroxyl groups is 1. The zero-order valence-electron chi connectivity index (χ0n) is 13.2. The van der Waals surface area contributed by atoms with Crippen LogP contribution in [-0.2, 0) is 6.42 Å². The van der Waals surface area contributed by atoms with E-state index in [0.717, 1.165) is 22.5 Å². The van der Waals surface area contributed by atoms with Crippen molar-refractivity contribution in [2.75, 3.05) is 0 Å². The van der Waals surface area contributed by atoms with E-state index in [2.05, 4.69) is 4.99 Å². The highest BCUT2D eigenvalue weighted by atomic mass is 35.5. The number of benzene rings is 2. The second-order valence-electron chi connectivity index (χ2n) is 5.49. The van der Waals surface area contributed by atoms with E-state index in [0.29, 0.717) is 10.6 Å². The highest BCUT2D eigenvalue weighted by Crippen LogP contribution is 2.31. The van der Waals surface area contributed by atoms with Crippen LogP contribution in [0.25, 0.3) is 0 Å². The minimum absolute atomic E-state index is 0.163. The van der Waals surface area contributed by atoms with Crippen LogP contribution in [0.2, 0.25) is 5.02 Å². The molecule has 0 spiro atoms. The van der Waals surface area contributed by atoms with Gasteiger partial charge in [0.25, 0.3) is 0 Å². The zero-order valence-corrected chi connectivity index (χ0v) is 14.0. The molecule has 5 heteroatoms. The Balaban J connectivity index is 2.41. The highest BCUT2D eigenvalue weighted by Gasteiger charge is 2.17. The van der Waals surface area contributed by atoms with Crippen LogP contribution in [-0.4, -0.2) is 21.9 Å². The first-order chi connectivity index (χ1) is 10.8. The van der Waals surface area contributed by atoms with Gasteiger partial charge in [0.2, 0.25) is 0 Å². The Labute approximate surface area is 140 Å². The molecule has 0 bridgehead atoms. The molecule has 0 saturated carbocycles. The number of aliphatic imine (C=N–C) groups is 1. The number of phenols is 1. The largest absolute Gasteiger partial charge is 0.507 e. The number of para-hydroxylation sites is 1. The number of nitrogens with zero attached hydrogens (tertiary/aromatic N) is 1. The third-order valence-corrected chi connectivity index (χ3v) is 3.98. The van der Waals surface area contributed by atoms with Crippen LogP contribution < -0.4 is 0 Å². The van der Waals surface area contributed by atoms with E-state index < -0.39 is 5.97 Å². The molecule has 0 amide bonds. The topological polar surface area (TPSA) is 69.9 Å². The lowest BCUT2D eigenvalue weighted by molar-refractivity contribution is 0.0693. The molecule has 0 aromatic heterocycles. The van der Waals surface area contributed by atoms with Crippen LogP contribution in [0, 0.1) is 13.8 Å². The van der Waals surface area contributed by atoms with Gasteiger partial charge in [-0.2, -0.15) is 0 Å². The summed E-state index contributed by atoms with van der Waals surface area (Å²) in [6.07, 6.45) is 0.277. The molecule has 2 rings (SSSR count). The molecule has 0 aliphatic rings. The first-order valence-electron chi connectivity index (χ1n) is 7.15. The lowest BCUT2D eigenvalue weighted by Gasteiger charge is -2.11. The molecule has 4 nitrogen and oxygen atoms in total. The third-order valence-electron chi connectivity index (χ3n) is 3.63. The van der Waals surface area contributed by atoms with Crippen molar-refractivity contribution >= 4 is 29.0 Å². The van der Waals surface area contributed by atoms with Gasteiger partial charge >= 0.3 is 5.97 Å². The Kier molecular flexibility index (Phi) is 5.06. The smallest absolute Gasteiger partial charge is 0.339 e. The van der Waals surface area contributed by atoms with Gasteiger partial charge in [-0.1, -0.05) is 29.8 Å². The van der Waals surface area contributed by atoms with Crippen molar-refractivity contribution < 1.29 is 15.0 Å². The maximum atomic E-state index is 11.1. The van der Waals surface area contributed by atoms with Crippen molar-refractivity contribution in [3.05, 3.63) is 57.6 Å². The van der Waals surface area contributed by atoms with E-state index >= 15 is 0 Å². The van der Waals surface area contributed by atoms with Gasteiger partial charge in [0.15, 0.2) is 0 Å². The minimum atomic E-state index is -1.19. The summed E-state index contributed by atoms with van der Waals surface area (Å²) in [4.78, 5) is 15.7. The van der Waals surface area contributed by atoms with Gasteiger partial charge in [-0.15, -0.1) is 0 Å². The first-order valence-corrected chi connectivity index (χ1v) is 7.53. The van der Waals surface area contributed by atoms with Gasteiger partial charge in [-0.3, -0.25) is 4.99 Å². The monoisotopic (exact) mass is 331 g/mol. The van der Waals surface area contributed by atoms with Crippen molar-refractivity contribution in [3.63, 3.8) is 0 Å². The fourth-order valence-electron chi connectivity index (χ4n) is 2.42. The fourth-order valence-corrected chi connectivity index (χ4v) is 2.64. The fraction of sp³-hybridized carbons (Fsp3) is 0.222. The van der Waals surface area contributed by atoms with Gasteiger partial charge in [0.1, 0.15) is 11.3 Å². The molecule has 0 atom stereocenters. The number of hydrogen-bond acceptors (Lipinski definition) is 3. The Morgan fingerprint density at radius 2 is 1.78 bits per heavy atom. The third kappa shape index (κ3) is 3.71. The van der Waals surface area contributed by atoms with Gasteiger partial charge in [0, 0.05) is 22.7 Å². The average Bonchev–Trinajstić information content (AvgIpc) is 2.47. The Hall–Kier alpha value is -2.33. The summed E-state index contributed by atoms with van der Waals surface area (Å²) in [5.74, 6) is -1.49. The molecule has 120 valence electrons. The van der Waals surface area contributed by atoms with Crippen molar-refractivity contribution in [1.82, 2.24) is 0 Å². The maximum Gasteiger partial charge on any atom is 0.339 e.